The first-order valence-corrected chi connectivity index (χ1v) is 7.61. The second-order valence-electron chi connectivity index (χ2n) is 5.65. The van der Waals surface area contributed by atoms with Crippen LogP contribution in [0.2, 0.25) is 0 Å². The molecule has 1 aliphatic rings. The van der Waals surface area contributed by atoms with Crippen LogP contribution in [0.4, 0.5) is 0 Å². The minimum atomic E-state index is -2.62. The van der Waals surface area contributed by atoms with Crippen molar-refractivity contribution in [3.63, 3.8) is 0 Å². The van der Waals surface area contributed by atoms with Crippen molar-refractivity contribution in [2.75, 3.05) is 6.61 Å². The van der Waals surface area contributed by atoms with Gasteiger partial charge in [0.2, 0.25) is 11.7 Å². The van der Waals surface area contributed by atoms with Crippen LogP contribution in [0.1, 0.15) is 27.7 Å². The second kappa shape index (κ2) is 8.72. The highest BCUT2D eigenvalue weighted by Gasteiger charge is 2.58. The molecule has 1 saturated heterocycles. The van der Waals surface area contributed by atoms with Gasteiger partial charge in [-0.15, -0.1) is 0 Å². The van der Waals surface area contributed by atoms with E-state index in [9.17, 15) is 29.1 Å². The number of amides is 1. The van der Waals surface area contributed by atoms with Gasteiger partial charge in [-0.1, -0.05) is 0 Å². The minimum absolute atomic E-state index is 0.00510. The summed E-state index contributed by atoms with van der Waals surface area (Å²) in [5.74, 6) is -5.60. The van der Waals surface area contributed by atoms with Crippen molar-refractivity contribution in [2.24, 2.45) is 0 Å². The molecule has 5 atom stereocenters. The lowest BCUT2D eigenvalue weighted by Crippen LogP contribution is -2.72. The summed E-state index contributed by atoms with van der Waals surface area (Å²) in [5.41, 5.74) is 0. The zero-order chi connectivity index (χ0) is 20.1. The molecular weight excluding hydrogens is 354 g/mol. The van der Waals surface area contributed by atoms with Crippen LogP contribution < -0.4 is 5.32 Å². The fourth-order valence-corrected chi connectivity index (χ4v) is 2.51. The Balaban J connectivity index is 3.34. The molecule has 1 fully saturated rings. The molecular formula is C15H21NO10. The summed E-state index contributed by atoms with van der Waals surface area (Å²) in [5, 5.41) is 12.7. The van der Waals surface area contributed by atoms with Crippen molar-refractivity contribution in [3.8, 4) is 0 Å². The van der Waals surface area contributed by atoms with Crippen molar-refractivity contribution >= 4 is 30.1 Å². The van der Waals surface area contributed by atoms with Crippen LogP contribution in [-0.2, 0) is 42.9 Å². The summed E-state index contributed by atoms with van der Waals surface area (Å²) in [6.07, 6.45) is -4.19. The van der Waals surface area contributed by atoms with E-state index in [1.54, 1.807) is 0 Å². The van der Waals surface area contributed by atoms with Crippen LogP contribution in [-0.4, -0.2) is 72.0 Å². The van der Waals surface area contributed by atoms with Gasteiger partial charge in [-0.05, 0) is 0 Å². The molecule has 2 N–H and O–H groups in total. The molecule has 0 unspecified atom stereocenters. The number of aliphatic hydroxyl groups is 1. The van der Waals surface area contributed by atoms with Crippen LogP contribution >= 0.6 is 0 Å². The van der Waals surface area contributed by atoms with E-state index in [-0.39, 0.29) is 6.29 Å². The molecule has 0 saturated carbocycles. The average Bonchev–Trinajstić information content (AvgIpc) is 2.50. The van der Waals surface area contributed by atoms with Gasteiger partial charge in [-0.25, -0.2) is 0 Å². The number of nitrogens with one attached hydrogen (secondary N) is 1. The van der Waals surface area contributed by atoms with Gasteiger partial charge in [0.1, 0.15) is 18.8 Å². The number of carbonyl (C=O) groups is 5. The standard InChI is InChI=1S/C15H21NO10/c1-7(18)16-14-13(25-10(4)21)12(24-9(3)20)11(5-23-8(2)19)26-15(14,22)6-17/h6,11-14,22H,5H2,1-4H3,(H,16,18)/t11-,12+,13+,14-,15+/m1/s1. The Bertz CT molecular complexity index is 591. The van der Waals surface area contributed by atoms with Gasteiger partial charge in [0, 0.05) is 27.7 Å². The lowest BCUT2D eigenvalue weighted by atomic mass is 9.90. The Morgan fingerprint density at radius 3 is 2.00 bits per heavy atom. The van der Waals surface area contributed by atoms with E-state index in [0.29, 0.717) is 0 Å². The number of hydrogen-bond acceptors (Lipinski definition) is 10. The third-order valence-corrected chi connectivity index (χ3v) is 3.39. The van der Waals surface area contributed by atoms with E-state index in [1.165, 1.54) is 0 Å². The third-order valence-electron chi connectivity index (χ3n) is 3.39. The van der Waals surface area contributed by atoms with Gasteiger partial charge in [-0.3, -0.25) is 24.0 Å². The number of aldehydes is 1. The molecule has 1 rings (SSSR count). The Morgan fingerprint density at radius 2 is 1.58 bits per heavy atom. The Hall–Kier alpha value is -2.53. The molecule has 11 heteroatoms. The first-order chi connectivity index (χ1) is 12.0. The predicted molar refractivity (Wildman–Crippen MR) is 81.2 cm³/mol. The molecule has 0 aromatic carbocycles. The van der Waals surface area contributed by atoms with Gasteiger partial charge in [0.05, 0.1) is 0 Å². The van der Waals surface area contributed by atoms with Gasteiger partial charge in [0.15, 0.2) is 18.5 Å². The number of hydrogen-bond donors (Lipinski definition) is 2. The zero-order valence-corrected chi connectivity index (χ0v) is 14.7. The molecule has 26 heavy (non-hydrogen) atoms. The van der Waals surface area contributed by atoms with Gasteiger partial charge in [-0.2, -0.15) is 0 Å². The number of rotatable bonds is 6. The molecule has 146 valence electrons. The fourth-order valence-electron chi connectivity index (χ4n) is 2.51. The van der Waals surface area contributed by atoms with E-state index in [2.05, 4.69) is 5.32 Å². The van der Waals surface area contributed by atoms with Gasteiger partial charge < -0.3 is 29.4 Å². The topological polar surface area (TPSA) is 155 Å². The molecule has 1 heterocycles. The smallest absolute Gasteiger partial charge is 0.303 e. The first-order valence-electron chi connectivity index (χ1n) is 7.61. The normalized spacial score (nSPS) is 30.7. The summed E-state index contributed by atoms with van der Waals surface area (Å²) < 4.78 is 20.2. The van der Waals surface area contributed by atoms with Crippen LogP contribution in [0, 0.1) is 0 Å². The van der Waals surface area contributed by atoms with Crippen LogP contribution in [0.15, 0.2) is 0 Å². The summed E-state index contributed by atoms with van der Waals surface area (Å²) >= 11 is 0. The number of ether oxygens (including phenoxy) is 4. The largest absolute Gasteiger partial charge is 0.463 e. The molecule has 1 amide bonds. The third kappa shape index (κ3) is 5.49. The van der Waals surface area contributed by atoms with Crippen LogP contribution in [0.5, 0.6) is 0 Å². The van der Waals surface area contributed by atoms with Crippen LogP contribution in [0.3, 0.4) is 0 Å². The lowest BCUT2D eigenvalue weighted by Gasteiger charge is -2.47. The summed E-state index contributed by atoms with van der Waals surface area (Å²) in [6, 6.07) is -1.57. The SMILES string of the molecule is CC(=O)N[C@@H]1[C@@H](OC(C)=O)[C@@H](OC(C)=O)[C@@H](COC(C)=O)O[C@@]1(O)C=O. The summed E-state index contributed by atoms with van der Waals surface area (Å²) in [6.45, 7) is 3.82. The number of esters is 3. The van der Waals surface area contributed by atoms with E-state index < -0.39 is 60.6 Å². The molecule has 0 bridgehead atoms. The molecule has 0 radical (unpaired) electrons. The number of carbonyl (C=O) groups excluding carboxylic acids is 5. The highest BCUT2D eigenvalue weighted by molar-refractivity contribution is 5.75. The Kier molecular flexibility index (Phi) is 7.21. The molecule has 0 aromatic heterocycles. The second-order valence-corrected chi connectivity index (χ2v) is 5.65. The zero-order valence-electron chi connectivity index (χ0n) is 14.7. The Labute approximate surface area is 148 Å². The van der Waals surface area contributed by atoms with Crippen molar-refractivity contribution < 1.29 is 48.0 Å². The van der Waals surface area contributed by atoms with E-state index >= 15 is 0 Å². The molecule has 11 nitrogen and oxygen atoms in total. The molecule has 0 aliphatic carbocycles. The first kappa shape index (κ1) is 21.5. The van der Waals surface area contributed by atoms with Gasteiger partial charge in [0.25, 0.3) is 0 Å². The Morgan fingerprint density at radius 1 is 1.04 bits per heavy atom. The van der Waals surface area contributed by atoms with Crippen molar-refractivity contribution in [1.82, 2.24) is 5.32 Å². The fraction of sp³-hybridized carbons (Fsp3) is 0.667. The van der Waals surface area contributed by atoms with E-state index in [0.717, 1.165) is 27.7 Å². The molecule has 0 spiro atoms. The van der Waals surface area contributed by atoms with Crippen LogP contribution in [0.25, 0.3) is 0 Å². The maximum absolute atomic E-state index is 11.5. The maximum atomic E-state index is 11.5. The minimum Gasteiger partial charge on any atom is -0.463 e. The summed E-state index contributed by atoms with van der Waals surface area (Å²) in [4.78, 5) is 56.9. The maximum Gasteiger partial charge on any atom is 0.303 e. The van der Waals surface area contributed by atoms with Crippen molar-refractivity contribution in [2.45, 2.75) is 57.8 Å². The quantitative estimate of drug-likeness (QED) is 0.309. The highest BCUT2D eigenvalue weighted by atomic mass is 16.7. The van der Waals surface area contributed by atoms with E-state index in [1.807, 2.05) is 0 Å². The molecule has 0 aromatic rings. The molecule has 1 aliphatic heterocycles. The highest BCUT2D eigenvalue weighted by Crippen LogP contribution is 2.31. The average molecular weight is 375 g/mol. The van der Waals surface area contributed by atoms with Gasteiger partial charge >= 0.3 is 17.9 Å². The predicted octanol–water partition coefficient (Wildman–Crippen LogP) is -1.80. The lowest BCUT2D eigenvalue weighted by molar-refractivity contribution is -0.300. The van der Waals surface area contributed by atoms with Crippen molar-refractivity contribution in [3.05, 3.63) is 0 Å². The summed E-state index contributed by atoms with van der Waals surface area (Å²) in [7, 11) is 0. The van der Waals surface area contributed by atoms with Crippen molar-refractivity contribution in [1.29, 1.82) is 0 Å². The monoisotopic (exact) mass is 375 g/mol. The van der Waals surface area contributed by atoms with E-state index in [4.69, 9.17) is 18.9 Å².